The maximum absolute atomic E-state index is 13.7. The topological polar surface area (TPSA) is 138 Å². The number of methoxy groups -OCH3 is 1. The van der Waals surface area contributed by atoms with E-state index in [1.165, 1.54) is 7.11 Å². The van der Waals surface area contributed by atoms with Gasteiger partial charge in [-0.15, -0.1) is 0 Å². The van der Waals surface area contributed by atoms with E-state index in [1.807, 2.05) is 6.92 Å². The van der Waals surface area contributed by atoms with Gasteiger partial charge in [-0.1, -0.05) is 12.8 Å². The Morgan fingerprint density at radius 2 is 1.95 bits per heavy atom. The maximum Gasteiger partial charge on any atom is 0.247 e. The second-order valence-electron chi connectivity index (χ2n) is 10.3. The van der Waals surface area contributed by atoms with Crippen molar-refractivity contribution in [1.29, 1.82) is 0 Å². The number of carbonyl (C=O) groups excluding carboxylic acids is 2. The van der Waals surface area contributed by atoms with Crippen molar-refractivity contribution in [1.82, 2.24) is 10.2 Å². The summed E-state index contributed by atoms with van der Waals surface area (Å²) in [5.41, 5.74) is 1.02. The molecule has 10 nitrogen and oxygen atoms in total. The monoisotopic (exact) mass is 674 g/mol. The van der Waals surface area contributed by atoms with Gasteiger partial charge in [0.1, 0.15) is 12.2 Å². The van der Waals surface area contributed by atoms with E-state index < -0.39 is 18.2 Å². The molecule has 0 heterocycles. The van der Waals surface area contributed by atoms with Crippen LogP contribution in [0.3, 0.4) is 0 Å². The molecule has 0 bridgehead atoms. The van der Waals surface area contributed by atoms with Gasteiger partial charge >= 0.3 is 0 Å². The first kappa shape index (κ1) is 32.6. The summed E-state index contributed by atoms with van der Waals surface area (Å²) in [5, 5.41) is 33.2. The van der Waals surface area contributed by atoms with Crippen LogP contribution in [0.1, 0.15) is 57.4 Å². The van der Waals surface area contributed by atoms with Gasteiger partial charge in [-0.25, -0.2) is 0 Å². The largest absolute Gasteiger partial charge is 0.493 e. The van der Waals surface area contributed by atoms with Crippen LogP contribution in [0.15, 0.2) is 23.8 Å². The predicted molar refractivity (Wildman–Crippen MR) is 158 cm³/mol. The number of carbonyl (C=O) groups is 2. The summed E-state index contributed by atoms with van der Waals surface area (Å²) in [4.78, 5) is 28.4. The molecule has 1 aromatic rings. The molecule has 1 saturated carbocycles. The Morgan fingerprint density at radius 1 is 1.20 bits per heavy atom. The molecular formula is C29H43IN2O8. The molecule has 1 aromatic carbocycles. The lowest BCUT2D eigenvalue weighted by Gasteiger charge is -2.41. The third-order valence-corrected chi connectivity index (χ3v) is 8.29. The molecule has 0 spiro atoms. The van der Waals surface area contributed by atoms with Crippen molar-refractivity contribution in [2.24, 2.45) is 5.92 Å². The summed E-state index contributed by atoms with van der Waals surface area (Å²) in [5.74, 6) is 0.665. The average Bonchev–Trinajstić information content (AvgIpc) is 3.46. The standard InChI is InChI=1S/C29H43IN2O8/c1-3-39-12-6-10-32(26(35)15-19-7-4-5-8-19)23-16-21(29(37)31-9-11-33)17-24(27(23)36)40-28-22(30)13-20(18-34)14-25(28)38-2/h13-14,17,19,23-24,27,33-34,36H,3-12,15-16,18H2,1-2H3,(H,31,37)/t23-,24+,27+/m1/s1. The van der Waals surface area contributed by atoms with Crippen molar-refractivity contribution in [3.63, 3.8) is 0 Å². The molecule has 2 amide bonds. The summed E-state index contributed by atoms with van der Waals surface area (Å²) in [6.07, 6.45) is 4.97. The number of nitrogens with zero attached hydrogens (tertiary/aromatic N) is 1. The van der Waals surface area contributed by atoms with E-state index in [4.69, 9.17) is 14.2 Å². The molecule has 3 rings (SSSR count). The third-order valence-electron chi connectivity index (χ3n) is 7.49. The normalized spacial score (nSPS) is 21.1. The zero-order valence-corrected chi connectivity index (χ0v) is 25.6. The fourth-order valence-corrected chi connectivity index (χ4v) is 6.22. The van der Waals surface area contributed by atoms with Gasteiger partial charge in [0.2, 0.25) is 11.8 Å². The fourth-order valence-electron chi connectivity index (χ4n) is 5.43. The molecule has 4 N–H and O–H groups in total. The van der Waals surface area contributed by atoms with Crippen LogP contribution < -0.4 is 14.8 Å². The summed E-state index contributed by atoms with van der Waals surface area (Å²) in [7, 11) is 1.49. The van der Waals surface area contributed by atoms with Gasteiger partial charge in [0, 0.05) is 44.7 Å². The van der Waals surface area contributed by atoms with Gasteiger partial charge < -0.3 is 39.7 Å². The zero-order valence-electron chi connectivity index (χ0n) is 23.4. The molecule has 40 heavy (non-hydrogen) atoms. The summed E-state index contributed by atoms with van der Waals surface area (Å²) < 4.78 is 18.0. The van der Waals surface area contributed by atoms with Crippen LogP contribution in [0.2, 0.25) is 0 Å². The van der Waals surface area contributed by atoms with Crippen LogP contribution in [0, 0.1) is 9.49 Å². The van der Waals surface area contributed by atoms with Crippen LogP contribution >= 0.6 is 22.6 Å². The number of ether oxygens (including phenoxy) is 3. The lowest BCUT2D eigenvalue weighted by atomic mass is 9.87. The van der Waals surface area contributed by atoms with E-state index in [9.17, 15) is 24.9 Å². The van der Waals surface area contributed by atoms with E-state index in [2.05, 4.69) is 27.9 Å². The Hall–Kier alpha value is -1.93. The number of rotatable bonds is 15. The maximum atomic E-state index is 13.7. The van der Waals surface area contributed by atoms with Gasteiger partial charge in [0.05, 0.1) is 29.9 Å². The number of aliphatic hydroxyl groups excluding tert-OH is 3. The number of halogens is 1. The van der Waals surface area contributed by atoms with Crippen LogP contribution in [0.25, 0.3) is 0 Å². The predicted octanol–water partition coefficient (Wildman–Crippen LogP) is 2.54. The average molecular weight is 675 g/mol. The number of nitrogens with one attached hydrogen (secondary N) is 1. The molecule has 11 heteroatoms. The smallest absolute Gasteiger partial charge is 0.247 e. The van der Waals surface area contributed by atoms with Crippen LogP contribution in [0.5, 0.6) is 11.5 Å². The number of benzene rings is 1. The number of hydrogen-bond acceptors (Lipinski definition) is 8. The first-order valence-corrected chi connectivity index (χ1v) is 15.2. The Bertz CT molecular complexity index is 1010. The van der Waals surface area contributed by atoms with E-state index >= 15 is 0 Å². The van der Waals surface area contributed by atoms with Crippen LogP contribution in [-0.2, 0) is 20.9 Å². The first-order valence-electron chi connectivity index (χ1n) is 14.1. The lowest BCUT2D eigenvalue weighted by molar-refractivity contribution is -0.139. The third kappa shape index (κ3) is 8.78. The molecule has 0 saturated heterocycles. The highest BCUT2D eigenvalue weighted by atomic mass is 127. The lowest BCUT2D eigenvalue weighted by Crippen LogP contribution is -2.55. The van der Waals surface area contributed by atoms with E-state index in [1.54, 1.807) is 23.1 Å². The summed E-state index contributed by atoms with van der Waals surface area (Å²) >= 11 is 2.08. The van der Waals surface area contributed by atoms with Gasteiger partial charge in [0.15, 0.2) is 11.5 Å². The molecule has 2 aliphatic rings. The summed E-state index contributed by atoms with van der Waals surface area (Å²) in [6.45, 7) is 3.07. The van der Waals surface area contributed by atoms with Gasteiger partial charge in [-0.05, 0) is 78.5 Å². The molecule has 0 aromatic heterocycles. The Morgan fingerprint density at radius 3 is 2.60 bits per heavy atom. The molecule has 224 valence electrons. The molecule has 0 unspecified atom stereocenters. The van der Waals surface area contributed by atoms with E-state index in [-0.39, 0.29) is 38.0 Å². The van der Waals surface area contributed by atoms with Crippen molar-refractivity contribution >= 4 is 34.4 Å². The zero-order chi connectivity index (χ0) is 29.1. The van der Waals surface area contributed by atoms with Crippen LogP contribution in [0.4, 0.5) is 0 Å². The second kappa shape index (κ2) is 16.5. The number of hydrogen-bond donors (Lipinski definition) is 4. The number of aliphatic hydroxyl groups is 3. The highest BCUT2D eigenvalue weighted by molar-refractivity contribution is 14.1. The van der Waals surface area contributed by atoms with Crippen LogP contribution in [-0.4, -0.2) is 90.3 Å². The first-order chi connectivity index (χ1) is 19.3. The van der Waals surface area contributed by atoms with Gasteiger partial charge in [-0.2, -0.15) is 0 Å². The minimum atomic E-state index is -1.12. The second-order valence-corrected chi connectivity index (χ2v) is 11.4. The molecule has 2 aliphatic carbocycles. The van der Waals surface area contributed by atoms with Gasteiger partial charge in [-0.3, -0.25) is 9.59 Å². The van der Waals surface area contributed by atoms with E-state index in [0.717, 1.165) is 25.7 Å². The molecular weight excluding hydrogens is 631 g/mol. The molecule has 1 fully saturated rings. The van der Waals surface area contributed by atoms with Crippen molar-refractivity contribution in [3.8, 4) is 11.5 Å². The number of amides is 2. The van der Waals surface area contributed by atoms with Crippen molar-refractivity contribution in [2.75, 3.05) is 40.0 Å². The minimum absolute atomic E-state index is 0.0392. The molecule has 0 radical (unpaired) electrons. The van der Waals surface area contributed by atoms with Crippen molar-refractivity contribution in [3.05, 3.63) is 32.9 Å². The highest BCUT2D eigenvalue weighted by Crippen LogP contribution is 2.37. The fraction of sp³-hybridized carbons (Fsp3) is 0.655. The highest BCUT2D eigenvalue weighted by Gasteiger charge is 2.41. The van der Waals surface area contributed by atoms with E-state index in [0.29, 0.717) is 64.7 Å². The summed E-state index contributed by atoms with van der Waals surface area (Å²) in [6, 6.07) is 2.73. The van der Waals surface area contributed by atoms with Crippen molar-refractivity contribution < 1.29 is 39.1 Å². The quantitative estimate of drug-likeness (QED) is 0.165. The molecule has 3 atom stereocenters. The Labute approximate surface area is 250 Å². The minimum Gasteiger partial charge on any atom is -0.493 e. The Balaban J connectivity index is 1.94. The SMILES string of the molecule is CCOCCCN(C(=O)CC1CCCC1)[C@@H]1CC(C(=O)NCCO)=C[C@H](Oc2c(I)cc(CO)cc2OC)[C@H]1O. The van der Waals surface area contributed by atoms with Gasteiger partial charge in [0.25, 0.3) is 0 Å². The Kier molecular flexibility index (Phi) is 13.4. The molecule has 0 aliphatic heterocycles. The van der Waals surface area contributed by atoms with Crippen molar-refractivity contribution in [2.45, 2.75) is 76.7 Å².